The number of hydrogen-bond donors (Lipinski definition) is 0. The highest BCUT2D eigenvalue weighted by Crippen LogP contribution is 2.40. The molecule has 5 nitrogen and oxygen atoms in total. The molecule has 0 saturated carbocycles. The Hall–Kier alpha value is -0.650. The molecular formula is C23H45NO4. The molecule has 1 rings (SSSR count). The Kier molecular flexibility index (Phi) is 9.92. The molecule has 5 heteroatoms. The Morgan fingerprint density at radius 3 is 2.04 bits per heavy atom. The van der Waals surface area contributed by atoms with Crippen molar-refractivity contribution >= 4 is 5.97 Å². The molecule has 0 aliphatic carbocycles. The summed E-state index contributed by atoms with van der Waals surface area (Å²) in [5, 5.41) is 1.88. The first-order valence-electron chi connectivity index (χ1n) is 11.1. The first-order valence-corrected chi connectivity index (χ1v) is 11.1. The van der Waals surface area contributed by atoms with Gasteiger partial charge in [0.1, 0.15) is 6.79 Å². The SMILES string of the molecule is CCCCCCCCOCOC1CC(C)(C)N(OC(=O)C(C)(C)C)C(C)(C)C1. The van der Waals surface area contributed by atoms with Gasteiger partial charge in [0, 0.05) is 6.61 Å². The van der Waals surface area contributed by atoms with Crippen LogP contribution in [0.4, 0.5) is 0 Å². The summed E-state index contributed by atoms with van der Waals surface area (Å²) in [5.74, 6) is -0.199. The first kappa shape index (κ1) is 25.4. The summed E-state index contributed by atoms with van der Waals surface area (Å²) in [4.78, 5) is 18.3. The van der Waals surface area contributed by atoms with E-state index < -0.39 is 5.41 Å². The van der Waals surface area contributed by atoms with Crippen molar-refractivity contribution in [3.05, 3.63) is 0 Å². The van der Waals surface area contributed by atoms with E-state index in [9.17, 15) is 4.79 Å². The fourth-order valence-corrected chi connectivity index (χ4v) is 3.94. The average Bonchev–Trinajstić information content (AvgIpc) is 2.55. The van der Waals surface area contributed by atoms with Crippen LogP contribution >= 0.6 is 0 Å². The molecule has 1 aliphatic heterocycles. The van der Waals surface area contributed by atoms with Crippen LogP contribution in [0.1, 0.15) is 107 Å². The molecule has 0 spiro atoms. The van der Waals surface area contributed by atoms with E-state index in [1.807, 2.05) is 25.8 Å². The first-order chi connectivity index (χ1) is 12.9. The number of carbonyl (C=O) groups is 1. The van der Waals surface area contributed by atoms with Crippen LogP contribution in [-0.2, 0) is 19.1 Å². The second-order valence-corrected chi connectivity index (χ2v) is 10.5. The number of carbonyl (C=O) groups excluding carboxylic acids is 1. The van der Waals surface area contributed by atoms with Gasteiger partial charge in [-0.15, -0.1) is 5.06 Å². The largest absolute Gasteiger partial charge is 0.366 e. The van der Waals surface area contributed by atoms with Gasteiger partial charge in [0.15, 0.2) is 0 Å². The lowest BCUT2D eigenvalue weighted by Gasteiger charge is -2.53. The molecule has 166 valence electrons. The molecule has 0 amide bonds. The van der Waals surface area contributed by atoms with Crippen molar-refractivity contribution in [2.75, 3.05) is 13.4 Å². The standard InChI is InChI=1S/C23H45NO4/c1-9-10-11-12-13-14-15-26-18-27-19-16-22(5,6)24(23(7,8)17-19)28-20(25)21(2,3)4/h19H,9-18H2,1-8H3. The molecule has 1 saturated heterocycles. The zero-order valence-corrected chi connectivity index (χ0v) is 19.7. The maximum Gasteiger partial charge on any atom is 0.330 e. The number of unbranched alkanes of at least 4 members (excludes halogenated alkanes) is 5. The van der Waals surface area contributed by atoms with Crippen molar-refractivity contribution in [1.82, 2.24) is 5.06 Å². The summed E-state index contributed by atoms with van der Waals surface area (Å²) in [6, 6.07) is 0. The minimum Gasteiger partial charge on any atom is -0.366 e. The number of nitrogens with zero attached hydrogens (tertiary/aromatic N) is 1. The van der Waals surface area contributed by atoms with Gasteiger partial charge in [0.2, 0.25) is 0 Å². The monoisotopic (exact) mass is 399 g/mol. The van der Waals surface area contributed by atoms with Crippen LogP contribution in [0.3, 0.4) is 0 Å². The van der Waals surface area contributed by atoms with E-state index in [-0.39, 0.29) is 23.2 Å². The lowest BCUT2D eigenvalue weighted by Crippen LogP contribution is -2.63. The van der Waals surface area contributed by atoms with Crippen molar-refractivity contribution in [2.45, 2.75) is 124 Å². The average molecular weight is 400 g/mol. The maximum absolute atomic E-state index is 12.4. The van der Waals surface area contributed by atoms with Gasteiger partial charge in [-0.05, 0) is 67.7 Å². The number of ether oxygens (including phenoxy) is 2. The number of rotatable bonds is 11. The quantitative estimate of drug-likeness (QED) is 0.321. The third-order valence-corrected chi connectivity index (χ3v) is 5.37. The fourth-order valence-electron chi connectivity index (χ4n) is 3.94. The Morgan fingerprint density at radius 2 is 1.50 bits per heavy atom. The lowest BCUT2D eigenvalue weighted by molar-refractivity contribution is -0.287. The number of hydrogen-bond acceptors (Lipinski definition) is 5. The third kappa shape index (κ3) is 8.38. The van der Waals surface area contributed by atoms with Crippen LogP contribution in [0.25, 0.3) is 0 Å². The number of piperidine rings is 1. The maximum atomic E-state index is 12.4. The Bertz CT molecular complexity index is 450. The summed E-state index contributed by atoms with van der Waals surface area (Å²) < 4.78 is 11.7. The van der Waals surface area contributed by atoms with Crippen LogP contribution in [0.2, 0.25) is 0 Å². The lowest BCUT2D eigenvalue weighted by atomic mass is 9.80. The molecule has 0 radical (unpaired) electrons. The van der Waals surface area contributed by atoms with Gasteiger partial charge < -0.3 is 14.3 Å². The van der Waals surface area contributed by atoms with Crippen molar-refractivity contribution < 1.29 is 19.1 Å². The topological polar surface area (TPSA) is 48.0 Å². The smallest absolute Gasteiger partial charge is 0.330 e. The van der Waals surface area contributed by atoms with Crippen LogP contribution < -0.4 is 0 Å². The van der Waals surface area contributed by atoms with Crippen molar-refractivity contribution in [1.29, 1.82) is 0 Å². The van der Waals surface area contributed by atoms with E-state index in [4.69, 9.17) is 14.3 Å². The van der Waals surface area contributed by atoms with Gasteiger partial charge in [-0.3, -0.25) is 0 Å². The van der Waals surface area contributed by atoms with Gasteiger partial charge in [0.05, 0.1) is 22.6 Å². The summed E-state index contributed by atoms with van der Waals surface area (Å²) >= 11 is 0. The van der Waals surface area contributed by atoms with E-state index in [0.717, 1.165) is 25.9 Å². The van der Waals surface area contributed by atoms with E-state index in [1.54, 1.807) is 0 Å². The van der Waals surface area contributed by atoms with E-state index >= 15 is 0 Å². The number of hydroxylamine groups is 2. The molecule has 1 aliphatic rings. The zero-order valence-electron chi connectivity index (χ0n) is 19.7. The van der Waals surface area contributed by atoms with Crippen LogP contribution in [0.15, 0.2) is 0 Å². The molecule has 0 N–H and O–H groups in total. The van der Waals surface area contributed by atoms with Gasteiger partial charge in [-0.2, -0.15) is 0 Å². The molecule has 0 aromatic carbocycles. The van der Waals surface area contributed by atoms with Crippen molar-refractivity contribution in [3.8, 4) is 0 Å². The molecule has 28 heavy (non-hydrogen) atoms. The summed E-state index contributed by atoms with van der Waals surface area (Å²) in [6.45, 7) is 17.4. The minimum absolute atomic E-state index is 0.0964. The molecule has 0 aromatic heterocycles. The minimum atomic E-state index is -0.524. The highest BCUT2D eigenvalue weighted by Gasteiger charge is 2.49. The second kappa shape index (κ2) is 10.9. The highest BCUT2D eigenvalue weighted by atomic mass is 16.7. The fraction of sp³-hybridized carbons (Fsp3) is 0.957. The Labute approximate surface area is 173 Å². The molecule has 0 atom stereocenters. The van der Waals surface area contributed by atoms with Crippen LogP contribution in [0, 0.1) is 5.41 Å². The van der Waals surface area contributed by atoms with E-state index in [1.165, 1.54) is 32.1 Å². The van der Waals surface area contributed by atoms with Crippen LogP contribution in [0.5, 0.6) is 0 Å². The zero-order chi connectivity index (χ0) is 21.4. The van der Waals surface area contributed by atoms with Gasteiger partial charge in [0.25, 0.3) is 0 Å². The van der Waals surface area contributed by atoms with Gasteiger partial charge in [-0.25, -0.2) is 4.79 Å². The van der Waals surface area contributed by atoms with E-state index in [0.29, 0.717) is 6.79 Å². The van der Waals surface area contributed by atoms with E-state index in [2.05, 4.69) is 34.6 Å². The van der Waals surface area contributed by atoms with Crippen molar-refractivity contribution in [3.63, 3.8) is 0 Å². The van der Waals surface area contributed by atoms with Crippen LogP contribution in [-0.4, -0.2) is 41.6 Å². The predicted molar refractivity (Wildman–Crippen MR) is 114 cm³/mol. The molecule has 1 heterocycles. The Morgan fingerprint density at radius 1 is 0.964 bits per heavy atom. The van der Waals surface area contributed by atoms with Gasteiger partial charge in [-0.1, -0.05) is 39.0 Å². The third-order valence-electron chi connectivity index (χ3n) is 5.37. The molecule has 1 fully saturated rings. The summed E-state index contributed by atoms with van der Waals surface area (Å²) in [6.07, 6.45) is 9.27. The van der Waals surface area contributed by atoms with Crippen molar-refractivity contribution in [2.24, 2.45) is 5.41 Å². The second-order valence-electron chi connectivity index (χ2n) is 10.5. The summed E-state index contributed by atoms with van der Waals surface area (Å²) in [7, 11) is 0. The molecule has 0 aromatic rings. The van der Waals surface area contributed by atoms with Gasteiger partial charge >= 0.3 is 5.97 Å². The molecule has 0 bridgehead atoms. The normalized spacial score (nSPS) is 20.3. The predicted octanol–water partition coefficient (Wildman–Crippen LogP) is 5.86. The highest BCUT2D eigenvalue weighted by molar-refractivity contribution is 5.75. The summed E-state index contributed by atoms with van der Waals surface area (Å²) in [5.41, 5.74) is -1.12. The molecular weight excluding hydrogens is 354 g/mol. The molecule has 0 unspecified atom stereocenters. The Balaban J connectivity index is 2.42.